The number of benzene rings is 4. The lowest BCUT2D eigenvalue weighted by Gasteiger charge is -2.46. The molecule has 0 saturated carbocycles. The van der Waals surface area contributed by atoms with Gasteiger partial charge in [0.2, 0.25) is 0 Å². The third-order valence-electron chi connectivity index (χ3n) is 11.5. The molecule has 1 spiro atoms. The lowest BCUT2D eigenvalue weighted by atomic mass is 9.64. The van der Waals surface area contributed by atoms with Crippen LogP contribution in [0.5, 0.6) is 5.75 Å². The molecule has 4 aromatic carbocycles. The normalized spacial score (nSPS) is 32.6. The number of aromatic nitrogens is 2. The number of likely N-dealkylation sites (tertiary alicyclic amines) is 1. The SMILES string of the molecule is CN1C[C@]2([N+](=O)[O-])[C@@H]([C@@H]3O[C@H]4OC(C)(C)O[C@H]4[C@@H]3OCc3ccccc3)Oc3ccccc3[C@@H]2[C@@]12c1ccccc1-c1nc3ccccc3nc12. The van der Waals surface area contributed by atoms with Crippen LogP contribution in [0.1, 0.15) is 42.1 Å². The topological polar surface area (TPSA) is 118 Å². The van der Waals surface area contributed by atoms with Gasteiger partial charge in [0.05, 0.1) is 41.5 Å². The van der Waals surface area contributed by atoms with Crippen LogP contribution in [0, 0.1) is 10.1 Å². The molecule has 51 heavy (non-hydrogen) atoms. The van der Waals surface area contributed by atoms with E-state index in [1.54, 1.807) is 0 Å². The molecule has 0 amide bonds. The van der Waals surface area contributed by atoms with Gasteiger partial charge in [-0.2, -0.15) is 0 Å². The lowest BCUT2D eigenvalue weighted by Crippen LogP contribution is -2.66. The van der Waals surface area contributed by atoms with E-state index in [-0.39, 0.29) is 18.1 Å². The molecule has 1 aliphatic carbocycles. The fourth-order valence-electron chi connectivity index (χ4n) is 9.60. The number of hydrogen-bond donors (Lipinski definition) is 0. The van der Waals surface area contributed by atoms with Crippen molar-refractivity contribution in [3.8, 4) is 17.0 Å². The zero-order valence-electron chi connectivity index (χ0n) is 28.3. The van der Waals surface area contributed by atoms with Crippen LogP contribution in [-0.4, -0.2) is 75.4 Å². The van der Waals surface area contributed by atoms with Crippen molar-refractivity contribution >= 4 is 11.0 Å². The van der Waals surface area contributed by atoms with E-state index in [2.05, 4.69) is 11.0 Å². The van der Waals surface area contributed by atoms with Crippen LogP contribution in [0.3, 0.4) is 0 Å². The molecule has 5 aromatic rings. The zero-order valence-corrected chi connectivity index (χ0v) is 28.3. The molecule has 4 aliphatic heterocycles. The van der Waals surface area contributed by atoms with E-state index in [0.29, 0.717) is 11.4 Å². The van der Waals surface area contributed by atoms with Gasteiger partial charge in [0, 0.05) is 16.1 Å². The fourth-order valence-corrected chi connectivity index (χ4v) is 9.60. The Morgan fingerprint density at radius 2 is 1.59 bits per heavy atom. The third-order valence-corrected chi connectivity index (χ3v) is 11.5. The highest BCUT2D eigenvalue weighted by Gasteiger charge is 2.79. The first-order valence-electron chi connectivity index (χ1n) is 17.4. The third kappa shape index (κ3) is 4.18. The molecule has 3 fully saturated rings. The predicted octanol–water partition coefficient (Wildman–Crippen LogP) is 5.82. The average Bonchev–Trinajstić information content (AvgIpc) is 3.81. The maximum atomic E-state index is 14.2. The highest BCUT2D eigenvalue weighted by Crippen LogP contribution is 2.67. The number of para-hydroxylation sites is 3. The first-order valence-corrected chi connectivity index (χ1v) is 17.4. The van der Waals surface area contributed by atoms with Gasteiger partial charge in [-0.1, -0.05) is 84.9 Å². The van der Waals surface area contributed by atoms with Crippen molar-refractivity contribution in [2.24, 2.45) is 0 Å². The van der Waals surface area contributed by atoms with Crippen molar-refractivity contribution in [1.82, 2.24) is 14.9 Å². The second-order valence-corrected chi connectivity index (χ2v) is 14.7. The fraction of sp³-hybridized carbons (Fsp3) is 0.350. The smallest absolute Gasteiger partial charge is 0.282 e. The molecule has 1 aromatic heterocycles. The summed E-state index contributed by atoms with van der Waals surface area (Å²) < 4.78 is 32.8. The minimum absolute atomic E-state index is 0.0414. The second kappa shape index (κ2) is 10.9. The molecule has 258 valence electrons. The summed E-state index contributed by atoms with van der Waals surface area (Å²) in [4.78, 5) is 26.6. The summed E-state index contributed by atoms with van der Waals surface area (Å²) in [6.45, 7) is 3.95. The lowest BCUT2D eigenvalue weighted by molar-refractivity contribution is -0.586. The molecule has 11 nitrogen and oxygen atoms in total. The summed E-state index contributed by atoms with van der Waals surface area (Å²) in [5.41, 5.74) is 3.68. The first-order chi connectivity index (χ1) is 24.7. The summed E-state index contributed by atoms with van der Waals surface area (Å²) >= 11 is 0. The van der Waals surface area contributed by atoms with Gasteiger partial charge in [-0.15, -0.1) is 0 Å². The molecular weight excluding hydrogens is 648 g/mol. The van der Waals surface area contributed by atoms with Gasteiger partial charge < -0.3 is 23.7 Å². The Balaban J connectivity index is 1.18. The van der Waals surface area contributed by atoms with Gasteiger partial charge in [0.15, 0.2) is 18.2 Å². The Kier molecular flexibility index (Phi) is 6.60. The van der Waals surface area contributed by atoms with Gasteiger partial charge in [0.1, 0.15) is 29.6 Å². The van der Waals surface area contributed by atoms with Crippen LogP contribution in [0.25, 0.3) is 22.3 Å². The summed E-state index contributed by atoms with van der Waals surface area (Å²) in [5.74, 6) is -1.12. The van der Waals surface area contributed by atoms with E-state index in [4.69, 9.17) is 33.7 Å². The molecule has 0 N–H and O–H groups in total. The predicted molar refractivity (Wildman–Crippen MR) is 185 cm³/mol. The Hall–Kier alpha value is -4.78. The highest BCUT2D eigenvalue weighted by molar-refractivity contribution is 5.85. The van der Waals surface area contributed by atoms with E-state index in [9.17, 15) is 10.1 Å². The van der Waals surface area contributed by atoms with Crippen molar-refractivity contribution in [3.63, 3.8) is 0 Å². The Morgan fingerprint density at radius 1 is 0.882 bits per heavy atom. The van der Waals surface area contributed by atoms with Crippen molar-refractivity contribution in [2.45, 2.75) is 73.9 Å². The minimum atomic E-state index is -1.72. The monoisotopic (exact) mass is 684 g/mol. The molecule has 10 rings (SSSR count). The van der Waals surface area contributed by atoms with Crippen LogP contribution in [0.2, 0.25) is 0 Å². The molecule has 8 atom stereocenters. The number of hydrogen-bond acceptors (Lipinski definition) is 10. The van der Waals surface area contributed by atoms with Crippen LogP contribution in [0.15, 0.2) is 103 Å². The number of likely N-dealkylation sites (N-methyl/N-ethyl adjacent to an activating group) is 1. The number of nitro groups is 1. The van der Waals surface area contributed by atoms with Crippen molar-refractivity contribution < 1.29 is 28.6 Å². The van der Waals surface area contributed by atoms with Gasteiger partial charge >= 0.3 is 0 Å². The van der Waals surface area contributed by atoms with E-state index < -0.39 is 53.5 Å². The molecule has 5 heterocycles. The number of fused-ring (bicyclic) bond motifs is 11. The van der Waals surface area contributed by atoms with Gasteiger partial charge in [-0.25, -0.2) is 9.97 Å². The summed E-state index contributed by atoms with van der Waals surface area (Å²) in [7, 11) is 1.95. The molecule has 0 unspecified atom stereocenters. The Labute approximate surface area is 294 Å². The molecule has 5 aliphatic rings. The molecule has 3 saturated heterocycles. The minimum Gasteiger partial charge on any atom is -0.480 e. The van der Waals surface area contributed by atoms with Crippen LogP contribution < -0.4 is 4.74 Å². The van der Waals surface area contributed by atoms with Crippen LogP contribution >= 0.6 is 0 Å². The highest BCUT2D eigenvalue weighted by atomic mass is 16.8. The standard InChI is InChI=1S/C40H36N4O7/c1-38(2)50-33-31(47-21-23-13-5-4-6-14-23)32(49-37(33)51-38)36-39(44(45)46)22-43(3)40(34(39)25-16-8-12-20-29(25)48-36)26-17-9-7-15-24(26)30-35(40)42-28-19-11-10-18-27(28)41-30/h4-20,31-34,36-37H,21-22H2,1-3H3/t31-,32-,33+,34+,36-,37+,39-,40-/m1/s1. The second-order valence-electron chi connectivity index (χ2n) is 14.7. The Bertz CT molecular complexity index is 2220. The summed E-state index contributed by atoms with van der Waals surface area (Å²) in [5, 5.41) is 14.2. The first kappa shape index (κ1) is 31.0. The zero-order chi connectivity index (χ0) is 34.7. The van der Waals surface area contributed by atoms with Crippen molar-refractivity contribution in [2.75, 3.05) is 13.6 Å². The maximum Gasteiger partial charge on any atom is 0.282 e. The number of rotatable bonds is 5. The van der Waals surface area contributed by atoms with Crippen LogP contribution in [-0.2, 0) is 31.1 Å². The maximum absolute atomic E-state index is 14.2. The van der Waals surface area contributed by atoms with Crippen molar-refractivity contribution in [3.05, 3.63) is 136 Å². The molecule has 11 heteroatoms. The number of nitrogens with zero attached hydrogens (tertiary/aromatic N) is 4. The summed E-state index contributed by atoms with van der Waals surface area (Å²) in [6.07, 6.45) is -4.18. The van der Waals surface area contributed by atoms with Crippen LogP contribution in [0.4, 0.5) is 0 Å². The van der Waals surface area contributed by atoms with E-state index >= 15 is 0 Å². The van der Waals surface area contributed by atoms with Gasteiger partial charge in [-0.05, 0) is 50.2 Å². The van der Waals surface area contributed by atoms with Gasteiger partial charge in [0.25, 0.3) is 5.54 Å². The van der Waals surface area contributed by atoms with Crippen molar-refractivity contribution in [1.29, 1.82) is 0 Å². The van der Waals surface area contributed by atoms with Gasteiger partial charge in [-0.3, -0.25) is 15.0 Å². The van der Waals surface area contributed by atoms with E-state index in [1.165, 1.54) is 0 Å². The summed E-state index contributed by atoms with van der Waals surface area (Å²) in [6, 6.07) is 33.3. The average molecular weight is 685 g/mol. The van der Waals surface area contributed by atoms with E-state index in [0.717, 1.165) is 39.0 Å². The largest absolute Gasteiger partial charge is 0.480 e. The quantitative estimate of drug-likeness (QED) is 0.166. The molecule has 0 radical (unpaired) electrons. The Morgan fingerprint density at radius 3 is 2.39 bits per heavy atom. The molecule has 0 bridgehead atoms. The number of ether oxygens (including phenoxy) is 5. The van der Waals surface area contributed by atoms with E-state index in [1.807, 2.05) is 118 Å². The molecular formula is C40H36N4O7.